The Morgan fingerprint density at radius 1 is 1.05 bits per heavy atom. The minimum absolute atomic E-state index is 0.238. The molecule has 5 aliphatic rings. The van der Waals surface area contributed by atoms with Crippen LogP contribution < -0.4 is 0 Å². The van der Waals surface area contributed by atoms with E-state index in [1.165, 1.54) is 32.5 Å². The van der Waals surface area contributed by atoms with Gasteiger partial charge in [-0.15, -0.1) is 0 Å². The highest BCUT2D eigenvalue weighted by atomic mass is 16.5. The second-order valence-electron chi connectivity index (χ2n) is 7.59. The predicted molar refractivity (Wildman–Crippen MR) is 80.0 cm³/mol. The minimum atomic E-state index is -0.238. The van der Waals surface area contributed by atoms with Crippen molar-refractivity contribution in [1.29, 1.82) is 0 Å². The van der Waals surface area contributed by atoms with E-state index in [1.807, 2.05) is 6.92 Å². The largest absolute Gasteiger partial charge is 0.379 e. The summed E-state index contributed by atoms with van der Waals surface area (Å²) in [6.07, 6.45) is 2.75. The van der Waals surface area contributed by atoms with Gasteiger partial charge in [0.15, 0.2) is 0 Å². The molecule has 1 amide bonds. The normalized spacial score (nSPS) is 39.1. The molecule has 0 aromatic heterocycles. The summed E-state index contributed by atoms with van der Waals surface area (Å²) in [6.45, 7) is 11.0. The highest BCUT2D eigenvalue weighted by Crippen LogP contribution is 2.33. The number of hydrogen-bond donors (Lipinski definition) is 0. The van der Waals surface area contributed by atoms with Gasteiger partial charge < -0.3 is 14.5 Å². The molecule has 5 aliphatic heterocycles. The Morgan fingerprint density at radius 2 is 1.71 bits per heavy atom. The molecule has 5 heterocycles. The predicted octanol–water partition coefficient (Wildman–Crippen LogP) is 0.261. The molecular formula is C16H27N3O2. The summed E-state index contributed by atoms with van der Waals surface area (Å²) in [5, 5.41) is 0. The first-order chi connectivity index (χ1) is 10.2. The van der Waals surface area contributed by atoms with Crippen molar-refractivity contribution in [1.82, 2.24) is 14.7 Å². The van der Waals surface area contributed by atoms with E-state index in [2.05, 4.69) is 14.7 Å². The number of carbonyl (C=O) groups is 1. The SMILES string of the molecule is CC1(C(=O)N2CCN(C3CN4CCC3CC4)CC2)COC1. The first-order valence-electron chi connectivity index (χ1n) is 8.49. The second kappa shape index (κ2) is 5.21. The van der Waals surface area contributed by atoms with Crippen LogP contribution in [0, 0.1) is 11.3 Å². The van der Waals surface area contributed by atoms with Gasteiger partial charge in [-0.2, -0.15) is 0 Å². The number of piperidine rings is 3. The highest BCUT2D eigenvalue weighted by Gasteiger charge is 2.45. The van der Waals surface area contributed by atoms with Crippen molar-refractivity contribution in [3.63, 3.8) is 0 Å². The molecule has 1 unspecified atom stereocenters. The number of piperazine rings is 1. The monoisotopic (exact) mass is 293 g/mol. The summed E-state index contributed by atoms with van der Waals surface area (Å²) in [5.41, 5.74) is -0.238. The van der Waals surface area contributed by atoms with Crippen molar-refractivity contribution in [2.75, 3.05) is 59.0 Å². The number of carbonyl (C=O) groups excluding carboxylic acids is 1. The third-order valence-electron chi connectivity index (χ3n) is 6.05. The van der Waals surface area contributed by atoms with Crippen LogP contribution in [0.2, 0.25) is 0 Å². The zero-order valence-corrected chi connectivity index (χ0v) is 13.1. The van der Waals surface area contributed by atoms with Gasteiger partial charge in [0.25, 0.3) is 0 Å². The maximum absolute atomic E-state index is 12.5. The van der Waals surface area contributed by atoms with Gasteiger partial charge in [-0.1, -0.05) is 0 Å². The zero-order valence-electron chi connectivity index (χ0n) is 13.1. The lowest BCUT2D eigenvalue weighted by Crippen LogP contribution is -2.63. The van der Waals surface area contributed by atoms with Gasteiger partial charge in [0.2, 0.25) is 5.91 Å². The third-order valence-corrected chi connectivity index (χ3v) is 6.05. The van der Waals surface area contributed by atoms with Crippen LogP contribution in [0.25, 0.3) is 0 Å². The van der Waals surface area contributed by atoms with Crippen molar-refractivity contribution < 1.29 is 9.53 Å². The first-order valence-corrected chi connectivity index (χ1v) is 8.49. The van der Waals surface area contributed by atoms with Crippen LogP contribution in [-0.4, -0.2) is 85.7 Å². The number of ether oxygens (including phenoxy) is 1. The summed E-state index contributed by atoms with van der Waals surface area (Å²) in [7, 11) is 0. The summed E-state index contributed by atoms with van der Waals surface area (Å²) in [6, 6.07) is 0.743. The fourth-order valence-corrected chi connectivity index (χ4v) is 4.52. The lowest BCUT2D eigenvalue weighted by molar-refractivity contribution is -0.171. The zero-order chi connectivity index (χ0) is 14.4. The summed E-state index contributed by atoms with van der Waals surface area (Å²) in [5.74, 6) is 1.21. The van der Waals surface area contributed by atoms with Crippen LogP contribution in [0.3, 0.4) is 0 Å². The second-order valence-corrected chi connectivity index (χ2v) is 7.59. The molecule has 0 aromatic carbocycles. The summed E-state index contributed by atoms with van der Waals surface area (Å²) in [4.78, 5) is 19.9. The first kappa shape index (κ1) is 14.0. The van der Waals surface area contributed by atoms with Gasteiger partial charge in [0.1, 0.15) is 0 Å². The van der Waals surface area contributed by atoms with E-state index in [0.29, 0.717) is 19.1 Å². The fourth-order valence-electron chi connectivity index (χ4n) is 4.52. The smallest absolute Gasteiger partial charge is 0.233 e. The molecule has 5 nitrogen and oxygen atoms in total. The maximum Gasteiger partial charge on any atom is 0.233 e. The number of fused-ring (bicyclic) bond motifs is 3. The lowest BCUT2D eigenvalue weighted by atomic mass is 9.82. The van der Waals surface area contributed by atoms with E-state index in [-0.39, 0.29) is 5.41 Å². The van der Waals surface area contributed by atoms with Gasteiger partial charge in [-0.05, 0) is 38.8 Å². The van der Waals surface area contributed by atoms with Gasteiger partial charge in [0, 0.05) is 38.8 Å². The van der Waals surface area contributed by atoms with Crippen molar-refractivity contribution in [2.24, 2.45) is 11.3 Å². The Morgan fingerprint density at radius 3 is 2.19 bits per heavy atom. The van der Waals surface area contributed by atoms with Crippen LogP contribution in [-0.2, 0) is 9.53 Å². The Bertz CT molecular complexity index is 408. The third kappa shape index (κ3) is 2.39. The molecule has 5 rings (SSSR count). The number of amides is 1. The van der Waals surface area contributed by atoms with Crippen molar-refractivity contribution in [3.8, 4) is 0 Å². The Balaban J connectivity index is 1.33. The van der Waals surface area contributed by atoms with E-state index in [1.54, 1.807) is 0 Å². The highest BCUT2D eigenvalue weighted by molar-refractivity contribution is 5.83. The molecule has 1 atom stereocenters. The maximum atomic E-state index is 12.5. The van der Waals surface area contributed by atoms with Crippen LogP contribution in [0.1, 0.15) is 19.8 Å². The van der Waals surface area contributed by atoms with Gasteiger partial charge in [0.05, 0.1) is 18.6 Å². The summed E-state index contributed by atoms with van der Waals surface area (Å²) < 4.78 is 5.24. The Labute approximate surface area is 127 Å². The molecular weight excluding hydrogens is 266 g/mol. The molecule has 0 saturated carbocycles. The molecule has 0 radical (unpaired) electrons. The van der Waals surface area contributed by atoms with Crippen LogP contribution in [0.5, 0.6) is 0 Å². The Kier molecular flexibility index (Phi) is 3.47. The fraction of sp³-hybridized carbons (Fsp3) is 0.938. The molecule has 2 bridgehead atoms. The van der Waals surface area contributed by atoms with Crippen LogP contribution in [0.15, 0.2) is 0 Å². The van der Waals surface area contributed by atoms with E-state index < -0.39 is 0 Å². The van der Waals surface area contributed by atoms with E-state index >= 15 is 0 Å². The standard InChI is InChI=1S/C16H27N3O2/c1-16(11-21-12-16)15(20)19-8-6-18(7-9-19)14-10-17-4-2-13(14)3-5-17/h13-14H,2-12H2,1H3. The van der Waals surface area contributed by atoms with Crippen molar-refractivity contribution in [2.45, 2.75) is 25.8 Å². The molecule has 0 aromatic rings. The van der Waals surface area contributed by atoms with Gasteiger partial charge >= 0.3 is 0 Å². The molecule has 5 saturated heterocycles. The van der Waals surface area contributed by atoms with Crippen molar-refractivity contribution in [3.05, 3.63) is 0 Å². The quantitative estimate of drug-likeness (QED) is 0.732. The van der Waals surface area contributed by atoms with E-state index in [9.17, 15) is 4.79 Å². The average molecular weight is 293 g/mol. The summed E-state index contributed by atoms with van der Waals surface area (Å²) >= 11 is 0. The average Bonchev–Trinajstić information content (AvgIpc) is 2.53. The van der Waals surface area contributed by atoms with Crippen LogP contribution in [0.4, 0.5) is 0 Å². The molecule has 118 valence electrons. The van der Waals surface area contributed by atoms with Crippen molar-refractivity contribution >= 4 is 5.91 Å². The lowest BCUT2D eigenvalue weighted by Gasteiger charge is -2.51. The number of hydrogen-bond acceptors (Lipinski definition) is 4. The molecule has 0 N–H and O–H groups in total. The van der Waals surface area contributed by atoms with E-state index in [4.69, 9.17) is 4.74 Å². The van der Waals surface area contributed by atoms with Crippen LogP contribution >= 0.6 is 0 Å². The van der Waals surface area contributed by atoms with Gasteiger partial charge in [-0.25, -0.2) is 0 Å². The molecule has 0 spiro atoms. The molecule has 5 fully saturated rings. The number of nitrogens with zero attached hydrogens (tertiary/aromatic N) is 3. The van der Waals surface area contributed by atoms with E-state index in [0.717, 1.165) is 38.1 Å². The number of rotatable bonds is 2. The molecule has 21 heavy (non-hydrogen) atoms. The Hall–Kier alpha value is -0.650. The minimum Gasteiger partial charge on any atom is -0.379 e. The molecule has 0 aliphatic carbocycles. The van der Waals surface area contributed by atoms with Gasteiger partial charge in [-0.3, -0.25) is 9.69 Å². The topological polar surface area (TPSA) is 36.0 Å². The molecule has 5 heteroatoms.